The van der Waals surface area contributed by atoms with Crippen molar-refractivity contribution < 1.29 is 28.5 Å². The molecular formula is C19H22O6. The average molecular weight is 346 g/mol. The molecule has 25 heavy (non-hydrogen) atoms. The molecule has 1 saturated carbocycles. The van der Waals surface area contributed by atoms with E-state index in [-0.39, 0.29) is 36.3 Å². The van der Waals surface area contributed by atoms with Gasteiger partial charge in [0.2, 0.25) is 11.5 Å². The molecule has 1 heterocycles. The van der Waals surface area contributed by atoms with Crippen molar-refractivity contribution in [2.75, 3.05) is 6.61 Å². The third-order valence-corrected chi connectivity index (χ3v) is 4.45. The fourth-order valence-electron chi connectivity index (χ4n) is 3.14. The molecule has 0 spiro atoms. The van der Waals surface area contributed by atoms with Gasteiger partial charge in [-0.3, -0.25) is 4.79 Å². The average Bonchev–Trinajstić information content (AvgIpc) is 2.59. The highest BCUT2D eigenvalue weighted by molar-refractivity contribution is 5.96. The van der Waals surface area contributed by atoms with Crippen molar-refractivity contribution >= 4 is 11.9 Å². The van der Waals surface area contributed by atoms with Gasteiger partial charge in [-0.05, 0) is 38.8 Å². The van der Waals surface area contributed by atoms with E-state index in [1.165, 1.54) is 6.26 Å². The van der Waals surface area contributed by atoms with Crippen LogP contribution in [0, 0.1) is 12.8 Å². The minimum absolute atomic E-state index is 0.0635. The number of ketones is 1. The van der Waals surface area contributed by atoms with Gasteiger partial charge in [-0.1, -0.05) is 17.7 Å². The van der Waals surface area contributed by atoms with E-state index in [2.05, 4.69) is 0 Å². The van der Waals surface area contributed by atoms with Crippen LogP contribution in [0.5, 0.6) is 5.75 Å². The molecular weight excluding hydrogens is 324 g/mol. The van der Waals surface area contributed by atoms with Gasteiger partial charge in [-0.15, -0.1) is 0 Å². The van der Waals surface area contributed by atoms with E-state index in [0.29, 0.717) is 25.0 Å². The molecule has 3 rings (SSSR count). The number of aryl methyl sites for hydroxylation is 1. The summed E-state index contributed by atoms with van der Waals surface area (Å²) in [6.45, 7) is 3.98. The summed E-state index contributed by atoms with van der Waals surface area (Å²) in [5.41, 5.74) is 1.12. The van der Waals surface area contributed by atoms with Crippen molar-refractivity contribution in [3.05, 3.63) is 41.9 Å². The van der Waals surface area contributed by atoms with Crippen molar-refractivity contribution in [1.29, 1.82) is 0 Å². The molecule has 1 aliphatic heterocycles. The summed E-state index contributed by atoms with van der Waals surface area (Å²) in [4.78, 5) is 24.1. The van der Waals surface area contributed by atoms with Gasteiger partial charge in [0, 0.05) is 6.42 Å². The standard InChI is InChI=1S/C19H22O6/c1-3-22-19(21)25-14-8-9-15-16(10-14)23-11-17(18(15)20)24-13-6-4-12(2)5-7-13/h4-7,11,14-16H,3,8-10H2,1-2H3. The molecule has 1 fully saturated rings. The van der Waals surface area contributed by atoms with Crippen LogP contribution in [0.15, 0.2) is 36.3 Å². The summed E-state index contributed by atoms with van der Waals surface area (Å²) in [5.74, 6) is 0.486. The van der Waals surface area contributed by atoms with Gasteiger partial charge in [0.25, 0.3) is 0 Å². The molecule has 1 aromatic rings. The molecule has 3 atom stereocenters. The Labute approximate surface area is 146 Å². The zero-order valence-electron chi connectivity index (χ0n) is 14.4. The van der Waals surface area contributed by atoms with E-state index in [1.807, 2.05) is 31.2 Å². The van der Waals surface area contributed by atoms with E-state index in [1.54, 1.807) is 6.92 Å². The first-order valence-electron chi connectivity index (χ1n) is 8.54. The minimum atomic E-state index is -0.674. The molecule has 0 bridgehead atoms. The number of carbonyl (C=O) groups is 2. The SMILES string of the molecule is CCOC(=O)OC1CCC2C(=O)C(Oc3ccc(C)cc3)=COC2C1. The quantitative estimate of drug-likeness (QED) is 0.777. The zero-order chi connectivity index (χ0) is 17.8. The molecule has 1 aromatic carbocycles. The second-order valence-corrected chi connectivity index (χ2v) is 6.28. The number of rotatable bonds is 4. The Balaban J connectivity index is 1.61. The number of Topliss-reactive ketones (excluding diaryl/α,β-unsaturated/α-hetero) is 1. The van der Waals surface area contributed by atoms with Gasteiger partial charge in [-0.2, -0.15) is 0 Å². The fourth-order valence-corrected chi connectivity index (χ4v) is 3.14. The molecule has 0 N–H and O–H groups in total. The van der Waals surface area contributed by atoms with E-state index >= 15 is 0 Å². The van der Waals surface area contributed by atoms with Crippen LogP contribution >= 0.6 is 0 Å². The van der Waals surface area contributed by atoms with Gasteiger partial charge in [0.05, 0.1) is 12.5 Å². The van der Waals surface area contributed by atoms with Crippen molar-refractivity contribution in [2.24, 2.45) is 5.92 Å². The molecule has 0 amide bonds. The lowest BCUT2D eigenvalue weighted by molar-refractivity contribution is -0.132. The van der Waals surface area contributed by atoms with E-state index < -0.39 is 6.16 Å². The Morgan fingerprint density at radius 1 is 1.24 bits per heavy atom. The van der Waals surface area contributed by atoms with Crippen LogP contribution in [0.4, 0.5) is 4.79 Å². The first-order valence-corrected chi connectivity index (χ1v) is 8.54. The highest BCUT2D eigenvalue weighted by Crippen LogP contribution is 2.35. The summed E-state index contributed by atoms with van der Waals surface area (Å²) < 4.78 is 21.4. The molecule has 3 unspecified atom stereocenters. The van der Waals surface area contributed by atoms with Crippen molar-refractivity contribution in [3.8, 4) is 5.75 Å². The molecule has 6 nitrogen and oxygen atoms in total. The molecule has 1 aliphatic carbocycles. The van der Waals surface area contributed by atoms with Crippen molar-refractivity contribution in [2.45, 2.75) is 45.3 Å². The molecule has 0 saturated heterocycles. The normalized spacial score (nSPS) is 25.3. The van der Waals surface area contributed by atoms with Crippen LogP contribution < -0.4 is 4.74 Å². The Hall–Kier alpha value is -2.50. The first kappa shape index (κ1) is 17.3. The second kappa shape index (κ2) is 7.59. The lowest BCUT2D eigenvalue weighted by Crippen LogP contribution is -2.43. The van der Waals surface area contributed by atoms with E-state index in [4.69, 9.17) is 18.9 Å². The second-order valence-electron chi connectivity index (χ2n) is 6.28. The maximum atomic E-state index is 12.7. The smallest absolute Gasteiger partial charge is 0.493 e. The van der Waals surface area contributed by atoms with Crippen LogP contribution in [0.2, 0.25) is 0 Å². The lowest BCUT2D eigenvalue weighted by atomic mass is 9.80. The largest absolute Gasteiger partial charge is 0.508 e. The number of benzene rings is 1. The fraction of sp³-hybridized carbons (Fsp3) is 0.474. The Morgan fingerprint density at radius 3 is 2.72 bits per heavy atom. The van der Waals surface area contributed by atoms with Gasteiger partial charge >= 0.3 is 6.16 Å². The summed E-state index contributed by atoms with van der Waals surface area (Å²) in [6.07, 6.45) is 1.77. The number of ether oxygens (including phenoxy) is 4. The minimum Gasteiger partial charge on any atom is -0.493 e. The number of fused-ring (bicyclic) bond motifs is 1. The summed E-state index contributed by atoms with van der Waals surface area (Å²) in [6, 6.07) is 7.48. The molecule has 0 radical (unpaired) electrons. The highest BCUT2D eigenvalue weighted by atomic mass is 16.7. The maximum Gasteiger partial charge on any atom is 0.508 e. The predicted octanol–water partition coefficient (Wildman–Crippen LogP) is 3.52. The van der Waals surface area contributed by atoms with Gasteiger partial charge < -0.3 is 18.9 Å². The summed E-state index contributed by atoms with van der Waals surface area (Å²) in [7, 11) is 0. The number of hydrogen-bond donors (Lipinski definition) is 0. The third kappa shape index (κ3) is 4.13. The number of hydrogen-bond acceptors (Lipinski definition) is 6. The van der Waals surface area contributed by atoms with Crippen LogP contribution in [-0.4, -0.2) is 30.8 Å². The zero-order valence-corrected chi connectivity index (χ0v) is 14.4. The topological polar surface area (TPSA) is 71.1 Å². The van der Waals surface area contributed by atoms with Crippen LogP contribution in [0.1, 0.15) is 31.7 Å². The molecule has 0 aromatic heterocycles. The van der Waals surface area contributed by atoms with Gasteiger partial charge in [-0.25, -0.2) is 4.79 Å². The van der Waals surface area contributed by atoms with Gasteiger partial charge in [0.1, 0.15) is 24.2 Å². The predicted molar refractivity (Wildman–Crippen MR) is 89.0 cm³/mol. The highest BCUT2D eigenvalue weighted by Gasteiger charge is 2.42. The van der Waals surface area contributed by atoms with E-state index in [9.17, 15) is 9.59 Å². The molecule has 134 valence electrons. The third-order valence-electron chi connectivity index (χ3n) is 4.45. The maximum absolute atomic E-state index is 12.7. The molecule has 2 aliphatic rings. The molecule has 6 heteroatoms. The Morgan fingerprint density at radius 2 is 2.00 bits per heavy atom. The summed E-state index contributed by atoms with van der Waals surface area (Å²) in [5, 5.41) is 0. The Kier molecular flexibility index (Phi) is 5.26. The first-order chi connectivity index (χ1) is 12.1. The summed E-state index contributed by atoms with van der Waals surface area (Å²) >= 11 is 0. The van der Waals surface area contributed by atoms with E-state index in [0.717, 1.165) is 5.56 Å². The van der Waals surface area contributed by atoms with Crippen LogP contribution in [-0.2, 0) is 19.0 Å². The van der Waals surface area contributed by atoms with Crippen LogP contribution in [0.25, 0.3) is 0 Å². The van der Waals surface area contributed by atoms with Crippen molar-refractivity contribution in [3.63, 3.8) is 0 Å². The van der Waals surface area contributed by atoms with Gasteiger partial charge in [0.15, 0.2) is 0 Å². The van der Waals surface area contributed by atoms with Crippen molar-refractivity contribution in [1.82, 2.24) is 0 Å². The van der Waals surface area contributed by atoms with Crippen LogP contribution in [0.3, 0.4) is 0 Å². The number of carbonyl (C=O) groups excluding carboxylic acids is 2. The monoisotopic (exact) mass is 346 g/mol. The lowest BCUT2D eigenvalue weighted by Gasteiger charge is -2.36. The number of allylic oxidation sites excluding steroid dienone is 1. The Bertz CT molecular complexity index is 663.